The van der Waals surface area contributed by atoms with Gasteiger partial charge in [0.15, 0.2) is 0 Å². The van der Waals surface area contributed by atoms with E-state index in [0.29, 0.717) is 5.56 Å². The molecule has 18 heavy (non-hydrogen) atoms. The standard InChI is InChI=1S/C12H16N2O4/c1-8-4-5-10(6-11(8)14(16)17)9(2)13-7-12(15)18-3/h4-6,9,13H,7H2,1-3H3. The van der Waals surface area contributed by atoms with Gasteiger partial charge >= 0.3 is 5.97 Å². The normalized spacial score (nSPS) is 11.9. The lowest BCUT2D eigenvalue weighted by atomic mass is 10.0. The Morgan fingerprint density at radius 3 is 2.78 bits per heavy atom. The quantitative estimate of drug-likeness (QED) is 0.490. The molecule has 0 amide bonds. The van der Waals surface area contributed by atoms with Crippen molar-refractivity contribution < 1.29 is 14.5 Å². The van der Waals surface area contributed by atoms with Gasteiger partial charge in [-0.05, 0) is 19.4 Å². The monoisotopic (exact) mass is 252 g/mol. The Kier molecular flexibility index (Phi) is 4.79. The predicted octanol–water partition coefficient (Wildman–Crippen LogP) is 1.73. The number of nitrogens with one attached hydrogen (secondary N) is 1. The number of esters is 1. The summed E-state index contributed by atoms with van der Waals surface area (Å²) in [6, 6.07) is 4.86. The van der Waals surface area contributed by atoms with E-state index in [1.165, 1.54) is 13.2 Å². The molecule has 0 fully saturated rings. The summed E-state index contributed by atoms with van der Waals surface area (Å²) in [6.45, 7) is 3.59. The molecule has 0 saturated heterocycles. The maximum Gasteiger partial charge on any atom is 0.319 e. The highest BCUT2D eigenvalue weighted by Crippen LogP contribution is 2.22. The Balaban J connectivity index is 2.80. The molecule has 1 aromatic carbocycles. The van der Waals surface area contributed by atoms with Gasteiger partial charge < -0.3 is 10.1 Å². The average Bonchev–Trinajstić information content (AvgIpc) is 2.35. The lowest BCUT2D eigenvalue weighted by molar-refractivity contribution is -0.385. The SMILES string of the molecule is COC(=O)CNC(C)c1ccc(C)c([N+](=O)[O-])c1. The van der Waals surface area contributed by atoms with Crippen molar-refractivity contribution >= 4 is 11.7 Å². The molecule has 6 nitrogen and oxygen atoms in total. The van der Waals surface area contributed by atoms with Crippen molar-refractivity contribution in [1.29, 1.82) is 0 Å². The van der Waals surface area contributed by atoms with E-state index in [4.69, 9.17) is 0 Å². The first kappa shape index (κ1) is 14.1. The Labute approximate surface area is 105 Å². The number of carbonyl (C=O) groups is 1. The lowest BCUT2D eigenvalue weighted by Crippen LogP contribution is -2.26. The first-order valence-corrected chi connectivity index (χ1v) is 5.51. The van der Waals surface area contributed by atoms with Crippen molar-refractivity contribution in [3.63, 3.8) is 0 Å². The molecule has 0 bridgehead atoms. The summed E-state index contributed by atoms with van der Waals surface area (Å²) >= 11 is 0. The number of aryl methyl sites for hydroxylation is 1. The molecule has 0 spiro atoms. The topological polar surface area (TPSA) is 81.5 Å². The van der Waals surface area contributed by atoms with Crippen molar-refractivity contribution in [3.8, 4) is 0 Å². The van der Waals surface area contributed by atoms with E-state index in [-0.39, 0.29) is 24.2 Å². The van der Waals surface area contributed by atoms with Crippen LogP contribution in [0.4, 0.5) is 5.69 Å². The van der Waals surface area contributed by atoms with E-state index in [1.54, 1.807) is 19.1 Å². The fraction of sp³-hybridized carbons (Fsp3) is 0.417. The van der Waals surface area contributed by atoms with Gasteiger partial charge in [-0.1, -0.05) is 12.1 Å². The van der Waals surface area contributed by atoms with Crippen LogP contribution >= 0.6 is 0 Å². The molecule has 0 aliphatic rings. The van der Waals surface area contributed by atoms with Gasteiger partial charge in [0, 0.05) is 17.7 Å². The molecule has 1 N–H and O–H groups in total. The molecule has 6 heteroatoms. The van der Waals surface area contributed by atoms with Crippen LogP contribution in [0.1, 0.15) is 24.1 Å². The van der Waals surface area contributed by atoms with Gasteiger partial charge in [0.2, 0.25) is 0 Å². The van der Waals surface area contributed by atoms with E-state index in [1.807, 2.05) is 6.92 Å². The third-order valence-corrected chi connectivity index (χ3v) is 2.71. The molecule has 1 atom stereocenters. The number of hydrogen-bond donors (Lipinski definition) is 1. The van der Waals surface area contributed by atoms with E-state index in [0.717, 1.165) is 5.56 Å². The van der Waals surface area contributed by atoms with Crippen LogP contribution in [0.15, 0.2) is 18.2 Å². The molecular weight excluding hydrogens is 236 g/mol. The summed E-state index contributed by atoms with van der Waals surface area (Å²) in [7, 11) is 1.31. The van der Waals surface area contributed by atoms with Gasteiger partial charge in [-0.3, -0.25) is 14.9 Å². The van der Waals surface area contributed by atoms with Gasteiger partial charge in [0.05, 0.1) is 18.6 Å². The van der Waals surface area contributed by atoms with Crippen molar-refractivity contribution in [2.75, 3.05) is 13.7 Å². The molecule has 0 heterocycles. The summed E-state index contributed by atoms with van der Waals surface area (Å²) in [5.74, 6) is -0.372. The predicted molar refractivity (Wildman–Crippen MR) is 66.3 cm³/mol. The number of carbonyl (C=O) groups excluding carboxylic acids is 1. The van der Waals surface area contributed by atoms with E-state index < -0.39 is 4.92 Å². The Morgan fingerprint density at radius 2 is 2.22 bits per heavy atom. The Morgan fingerprint density at radius 1 is 1.56 bits per heavy atom. The zero-order valence-electron chi connectivity index (χ0n) is 10.6. The Hall–Kier alpha value is -1.95. The molecule has 0 aliphatic heterocycles. The van der Waals surface area contributed by atoms with Gasteiger partial charge in [0.25, 0.3) is 5.69 Å². The van der Waals surface area contributed by atoms with Crippen LogP contribution in [0.5, 0.6) is 0 Å². The van der Waals surface area contributed by atoms with Crippen LogP contribution in [0, 0.1) is 17.0 Å². The van der Waals surface area contributed by atoms with Crippen molar-refractivity contribution in [2.24, 2.45) is 0 Å². The number of hydrogen-bond acceptors (Lipinski definition) is 5. The maximum absolute atomic E-state index is 11.0. The first-order valence-electron chi connectivity index (χ1n) is 5.51. The van der Waals surface area contributed by atoms with Crippen molar-refractivity contribution in [3.05, 3.63) is 39.4 Å². The average molecular weight is 252 g/mol. The molecule has 1 rings (SSSR count). The minimum absolute atomic E-state index is 0.0688. The number of nitro groups is 1. The first-order chi connectivity index (χ1) is 8.45. The smallest absolute Gasteiger partial charge is 0.319 e. The third kappa shape index (κ3) is 3.53. The molecular formula is C12H16N2O4. The fourth-order valence-corrected chi connectivity index (χ4v) is 1.52. The highest BCUT2D eigenvalue weighted by Gasteiger charge is 2.14. The van der Waals surface area contributed by atoms with Crippen LogP contribution in [0.3, 0.4) is 0 Å². The number of ether oxygens (including phenoxy) is 1. The molecule has 0 aromatic heterocycles. The lowest BCUT2D eigenvalue weighted by Gasteiger charge is -2.13. The summed E-state index contributed by atoms with van der Waals surface area (Å²) < 4.78 is 4.51. The second-order valence-corrected chi connectivity index (χ2v) is 3.98. The number of rotatable bonds is 5. The van der Waals surface area contributed by atoms with Crippen LogP contribution in [0.25, 0.3) is 0 Å². The highest BCUT2D eigenvalue weighted by atomic mass is 16.6. The molecule has 0 aliphatic carbocycles. The number of methoxy groups -OCH3 is 1. The molecule has 98 valence electrons. The number of nitrogens with zero attached hydrogens (tertiary/aromatic N) is 1. The molecule has 0 radical (unpaired) electrons. The van der Waals surface area contributed by atoms with Gasteiger partial charge in [-0.25, -0.2) is 0 Å². The zero-order valence-corrected chi connectivity index (χ0v) is 10.6. The van der Waals surface area contributed by atoms with Crippen LogP contribution < -0.4 is 5.32 Å². The van der Waals surface area contributed by atoms with Crippen LogP contribution in [-0.2, 0) is 9.53 Å². The molecule has 1 aromatic rings. The van der Waals surface area contributed by atoms with E-state index in [2.05, 4.69) is 10.1 Å². The summed E-state index contributed by atoms with van der Waals surface area (Å²) in [6.07, 6.45) is 0. The van der Waals surface area contributed by atoms with Gasteiger partial charge in [0.1, 0.15) is 0 Å². The van der Waals surface area contributed by atoms with Gasteiger partial charge in [-0.15, -0.1) is 0 Å². The minimum atomic E-state index is -0.411. The van der Waals surface area contributed by atoms with Crippen molar-refractivity contribution in [1.82, 2.24) is 5.32 Å². The van der Waals surface area contributed by atoms with Crippen LogP contribution in [0.2, 0.25) is 0 Å². The summed E-state index contributed by atoms with van der Waals surface area (Å²) in [5, 5.41) is 13.8. The summed E-state index contributed by atoms with van der Waals surface area (Å²) in [5.41, 5.74) is 1.46. The van der Waals surface area contributed by atoms with E-state index >= 15 is 0 Å². The zero-order chi connectivity index (χ0) is 13.7. The number of benzene rings is 1. The number of nitro benzene ring substituents is 1. The Bertz CT molecular complexity index is 459. The maximum atomic E-state index is 11.0. The fourth-order valence-electron chi connectivity index (χ4n) is 1.52. The van der Waals surface area contributed by atoms with E-state index in [9.17, 15) is 14.9 Å². The highest BCUT2D eigenvalue weighted by molar-refractivity contribution is 5.71. The molecule has 1 unspecified atom stereocenters. The van der Waals surface area contributed by atoms with Gasteiger partial charge in [-0.2, -0.15) is 0 Å². The minimum Gasteiger partial charge on any atom is -0.468 e. The molecule has 0 saturated carbocycles. The second kappa shape index (κ2) is 6.11. The largest absolute Gasteiger partial charge is 0.468 e. The van der Waals surface area contributed by atoms with Crippen LogP contribution in [-0.4, -0.2) is 24.5 Å². The summed E-state index contributed by atoms with van der Waals surface area (Å²) in [4.78, 5) is 21.4. The third-order valence-electron chi connectivity index (χ3n) is 2.71. The van der Waals surface area contributed by atoms with Crippen molar-refractivity contribution in [2.45, 2.75) is 19.9 Å². The second-order valence-electron chi connectivity index (χ2n) is 3.98.